The maximum absolute atomic E-state index is 12.3. The van der Waals surface area contributed by atoms with Gasteiger partial charge in [-0.15, -0.1) is 11.3 Å². The number of benzene rings is 1. The average molecular weight is 386 g/mol. The van der Waals surface area contributed by atoms with Crippen molar-refractivity contribution in [1.82, 2.24) is 4.98 Å². The Balaban J connectivity index is 1.56. The zero-order chi connectivity index (χ0) is 19.4. The van der Waals surface area contributed by atoms with Gasteiger partial charge in [-0.1, -0.05) is 39.8 Å². The number of hydrogen-bond donors (Lipinski definition) is 1. The molecule has 1 aliphatic heterocycles. The maximum atomic E-state index is 12.3. The third-order valence-electron chi connectivity index (χ3n) is 4.83. The van der Waals surface area contributed by atoms with Crippen molar-refractivity contribution in [3.8, 4) is 11.3 Å². The summed E-state index contributed by atoms with van der Waals surface area (Å²) < 4.78 is 0. The molecule has 2 aromatic rings. The second-order valence-corrected chi connectivity index (χ2v) is 9.75. The predicted molar refractivity (Wildman–Crippen MR) is 115 cm³/mol. The van der Waals surface area contributed by atoms with Gasteiger partial charge in [0.1, 0.15) is 0 Å². The van der Waals surface area contributed by atoms with Crippen LogP contribution in [0.4, 0.5) is 10.8 Å². The van der Waals surface area contributed by atoms with Gasteiger partial charge in [0.05, 0.1) is 5.69 Å². The molecule has 3 rings (SSSR count). The number of thiazole rings is 1. The Labute approximate surface area is 167 Å². The quantitative estimate of drug-likeness (QED) is 0.682. The minimum absolute atomic E-state index is 0.0875. The first kappa shape index (κ1) is 19.9. The fourth-order valence-corrected chi connectivity index (χ4v) is 4.71. The zero-order valence-corrected chi connectivity index (χ0v) is 17.7. The van der Waals surface area contributed by atoms with E-state index in [0.717, 1.165) is 41.6 Å². The second-order valence-electron chi connectivity index (χ2n) is 8.91. The van der Waals surface area contributed by atoms with Crippen molar-refractivity contribution in [2.45, 2.75) is 53.4 Å². The molecule has 0 bridgehead atoms. The number of rotatable bonds is 6. The Morgan fingerprint density at radius 1 is 1.22 bits per heavy atom. The van der Waals surface area contributed by atoms with Crippen molar-refractivity contribution in [1.29, 1.82) is 0 Å². The first-order valence-corrected chi connectivity index (χ1v) is 10.8. The lowest BCUT2D eigenvalue weighted by molar-refractivity contribution is -0.117. The molecular formula is C22H31N3OS. The first-order chi connectivity index (χ1) is 12.8. The molecule has 1 amide bonds. The largest absolute Gasteiger partial charge is 0.348 e. The summed E-state index contributed by atoms with van der Waals surface area (Å²) in [5.41, 5.74) is 3.21. The molecule has 2 heterocycles. The summed E-state index contributed by atoms with van der Waals surface area (Å²) in [6, 6.07) is 8.01. The molecule has 0 aliphatic carbocycles. The number of aromatic nitrogens is 1. The van der Waals surface area contributed by atoms with Crippen molar-refractivity contribution >= 4 is 28.1 Å². The Morgan fingerprint density at radius 3 is 2.52 bits per heavy atom. The number of anilines is 2. The number of hydrogen-bond acceptors (Lipinski definition) is 4. The molecule has 1 atom stereocenters. The zero-order valence-electron chi connectivity index (χ0n) is 16.9. The topological polar surface area (TPSA) is 45.2 Å². The summed E-state index contributed by atoms with van der Waals surface area (Å²) in [6.45, 7) is 11.0. The normalized spacial score (nSPS) is 15.8. The smallest absolute Gasteiger partial charge is 0.224 e. The van der Waals surface area contributed by atoms with Crippen molar-refractivity contribution in [2.75, 3.05) is 23.3 Å². The lowest BCUT2D eigenvalue weighted by Crippen LogP contribution is -2.18. The van der Waals surface area contributed by atoms with E-state index in [4.69, 9.17) is 4.98 Å². The Kier molecular flexibility index (Phi) is 6.20. The van der Waals surface area contributed by atoms with Crippen molar-refractivity contribution in [2.24, 2.45) is 11.3 Å². The molecule has 1 aromatic carbocycles. The van der Waals surface area contributed by atoms with Crippen LogP contribution in [-0.4, -0.2) is 24.0 Å². The van der Waals surface area contributed by atoms with Crippen molar-refractivity contribution < 1.29 is 4.79 Å². The van der Waals surface area contributed by atoms with Crippen LogP contribution in [0.3, 0.4) is 0 Å². The van der Waals surface area contributed by atoms with Gasteiger partial charge in [0.25, 0.3) is 0 Å². The van der Waals surface area contributed by atoms with Gasteiger partial charge in [0.2, 0.25) is 5.91 Å². The van der Waals surface area contributed by atoms with Crippen LogP contribution in [0.1, 0.15) is 53.4 Å². The highest BCUT2D eigenvalue weighted by Gasteiger charge is 2.18. The summed E-state index contributed by atoms with van der Waals surface area (Å²) in [4.78, 5) is 19.4. The Bertz CT molecular complexity index is 755. The number of nitrogens with zero attached hydrogens (tertiary/aromatic N) is 2. The van der Waals surface area contributed by atoms with Gasteiger partial charge >= 0.3 is 0 Å². The van der Waals surface area contributed by atoms with Gasteiger partial charge < -0.3 is 10.2 Å². The van der Waals surface area contributed by atoms with Gasteiger partial charge in [-0.3, -0.25) is 4.79 Å². The number of amides is 1. The van der Waals surface area contributed by atoms with Crippen molar-refractivity contribution in [3.63, 3.8) is 0 Å². The van der Waals surface area contributed by atoms with Crippen LogP contribution in [0.25, 0.3) is 11.3 Å². The molecule has 5 heteroatoms. The summed E-state index contributed by atoms with van der Waals surface area (Å²) >= 11 is 1.71. The van der Waals surface area contributed by atoms with Crippen molar-refractivity contribution in [3.05, 3.63) is 29.6 Å². The average Bonchev–Trinajstić information content (AvgIpc) is 3.25. The fraction of sp³-hybridized carbons (Fsp3) is 0.545. The van der Waals surface area contributed by atoms with Gasteiger partial charge in [-0.25, -0.2) is 4.98 Å². The second kappa shape index (κ2) is 8.42. The van der Waals surface area contributed by atoms with E-state index in [1.165, 1.54) is 12.8 Å². The van der Waals surface area contributed by atoms with Crippen LogP contribution in [0, 0.1) is 11.3 Å². The number of carbonyl (C=O) groups excluding carboxylic acids is 1. The maximum Gasteiger partial charge on any atom is 0.224 e. The van der Waals surface area contributed by atoms with E-state index < -0.39 is 0 Å². The van der Waals surface area contributed by atoms with Crippen LogP contribution in [0.2, 0.25) is 0 Å². The standard InChI is InChI=1S/C22H31N3OS/c1-16(14-22(2,3)4)13-20(26)23-18-9-7-17(8-10-18)19-15-27-21(24-19)25-11-5-6-12-25/h7-10,15-16H,5-6,11-14H2,1-4H3,(H,23,26)/t16-/m0/s1. The highest BCUT2D eigenvalue weighted by Crippen LogP contribution is 2.30. The molecule has 0 spiro atoms. The third kappa shape index (κ3) is 5.80. The molecule has 1 N–H and O–H groups in total. The molecular weight excluding hydrogens is 354 g/mol. The van der Waals surface area contributed by atoms with E-state index in [-0.39, 0.29) is 11.3 Å². The third-order valence-corrected chi connectivity index (χ3v) is 5.73. The summed E-state index contributed by atoms with van der Waals surface area (Å²) in [5, 5.41) is 6.26. The predicted octanol–water partition coefficient (Wildman–Crippen LogP) is 5.81. The molecule has 1 aromatic heterocycles. The van der Waals surface area contributed by atoms with Gasteiger partial charge in [-0.05, 0) is 42.7 Å². The van der Waals surface area contributed by atoms with E-state index >= 15 is 0 Å². The van der Waals surface area contributed by atoms with E-state index in [1.54, 1.807) is 11.3 Å². The number of nitrogens with one attached hydrogen (secondary N) is 1. The molecule has 1 saturated heterocycles. The minimum Gasteiger partial charge on any atom is -0.348 e. The molecule has 1 aliphatic rings. The van der Waals surface area contributed by atoms with Gasteiger partial charge in [-0.2, -0.15) is 0 Å². The molecule has 0 unspecified atom stereocenters. The SMILES string of the molecule is C[C@@H](CC(=O)Nc1ccc(-c2csc(N3CCCC3)n2)cc1)CC(C)(C)C. The van der Waals surface area contributed by atoms with Crippen LogP contribution >= 0.6 is 11.3 Å². The van der Waals surface area contributed by atoms with E-state index in [0.29, 0.717) is 12.3 Å². The molecule has 4 nitrogen and oxygen atoms in total. The number of carbonyl (C=O) groups is 1. The minimum atomic E-state index is 0.0875. The first-order valence-electron chi connectivity index (χ1n) is 9.91. The fourth-order valence-electron chi connectivity index (χ4n) is 3.82. The summed E-state index contributed by atoms with van der Waals surface area (Å²) in [7, 11) is 0. The van der Waals surface area contributed by atoms with Crippen LogP contribution < -0.4 is 10.2 Å². The van der Waals surface area contributed by atoms with Gasteiger partial charge in [0.15, 0.2) is 5.13 Å². The highest BCUT2D eigenvalue weighted by molar-refractivity contribution is 7.14. The van der Waals surface area contributed by atoms with Crippen LogP contribution in [0.5, 0.6) is 0 Å². The summed E-state index contributed by atoms with van der Waals surface area (Å²) in [5.74, 6) is 0.466. The van der Waals surface area contributed by atoms with E-state index in [9.17, 15) is 4.79 Å². The van der Waals surface area contributed by atoms with Crippen LogP contribution in [-0.2, 0) is 4.79 Å². The highest BCUT2D eigenvalue weighted by atomic mass is 32.1. The summed E-state index contributed by atoms with van der Waals surface area (Å²) in [6.07, 6.45) is 4.13. The van der Waals surface area contributed by atoms with E-state index in [2.05, 4.69) is 43.3 Å². The molecule has 0 radical (unpaired) electrons. The molecule has 0 saturated carbocycles. The molecule has 146 valence electrons. The Morgan fingerprint density at radius 2 is 1.89 bits per heavy atom. The Hall–Kier alpha value is -1.88. The molecule has 27 heavy (non-hydrogen) atoms. The molecule has 1 fully saturated rings. The van der Waals surface area contributed by atoms with Crippen LogP contribution in [0.15, 0.2) is 29.6 Å². The van der Waals surface area contributed by atoms with E-state index in [1.807, 2.05) is 24.3 Å². The van der Waals surface area contributed by atoms with Gasteiger partial charge in [0, 0.05) is 36.1 Å². The monoisotopic (exact) mass is 385 g/mol. The lowest BCUT2D eigenvalue weighted by atomic mass is 9.84. The lowest BCUT2D eigenvalue weighted by Gasteiger charge is -2.22.